The molecule has 0 aliphatic heterocycles. The number of carbonyl (C=O) groups is 1. The van der Waals surface area contributed by atoms with E-state index in [1.165, 1.54) is 5.56 Å². The number of aryl methyl sites for hydroxylation is 1. The van der Waals surface area contributed by atoms with E-state index in [9.17, 15) is 4.79 Å². The van der Waals surface area contributed by atoms with Gasteiger partial charge in [-0.15, -0.1) is 10.2 Å². The summed E-state index contributed by atoms with van der Waals surface area (Å²) < 4.78 is 5.60. The molecule has 2 aromatic heterocycles. The number of amides is 1. The van der Waals surface area contributed by atoms with E-state index in [1.54, 1.807) is 18.6 Å². The van der Waals surface area contributed by atoms with E-state index in [1.807, 2.05) is 0 Å². The fraction of sp³-hybridized carbons (Fsp3) is 0.350. The molecule has 2 heterocycles. The van der Waals surface area contributed by atoms with E-state index in [-0.39, 0.29) is 12.5 Å². The van der Waals surface area contributed by atoms with Crippen molar-refractivity contribution >= 4 is 5.91 Å². The van der Waals surface area contributed by atoms with Gasteiger partial charge in [-0.25, -0.2) is 4.98 Å². The van der Waals surface area contributed by atoms with Crippen LogP contribution < -0.4 is 5.32 Å². The smallest absolute Gasteiger partial charge is 0.267 e. The number of hydrogen-bond acceptors (Lipinski definition) is 6. The maximum absolute atomic E-state index is 13.1. The molecule has 1 aliphatic carbocycles. The minimum atomic E-state index is -0.471. The van der Waals surface area contributed by atoms with E-state index in [4.69, 9.17) is 4.42 Å². The fourth-order valence-corrected chi connectivity index (χ4v) is 3.66. The average Bonchev–Trinajstić information content (AvgIpc) is 3.38. The van der Waals surface area contributed by atoms with E-state index >= 15 is 0 Å². The monoisotopic (exact) mass is 363 g/mol. The van der Waals surface area contributed by atoms with E-state index in [2.05, 4.69) is 56.7 Å². The Bertz CT molecular complexity index is 915. The van der Waals surface area contributed by atoms with Crippen molar-refractivity contribution in [2.75, 3.05) is 0 Å². The molecule has 0 spiro atoms. The number of aromatic nitrogens is 4. The summed E-state index contributed by atoms with van der Waals surface area (Å²) in [6, 6.07) is 8.26. The Balaban J connectivity index is 1.48. The predicted molar refractivity (Wildman–Crippen MR) is 98.5 cm³/mol. The summed E-state index contributed by atoms with van der Waals surface area (Å²) in [5.74, 6) is 0.658. The van der Waals surface area contributed by atoms with Crippen LogP contribution in [0.2, 0.25) is 0 Å². The van der Waals surface area contributed by atoms with Gasteiger partial charge in [0.1, 0.15) is 5.69 Å². The molecule has 1 saturated carbocycles. The molecule has 1 N–H and O–H groups in total. The van der Waals surface area contributed by atoms with Crippen molar-refractivity contribution in [1.82, 2.24) is 25.5 Å². The molecule has 1 aromatic carbocycles. The van der Waals surface area contributed by atoms with Crippen molar-refractivity contribution in [2.45, 2.75) is 44.6 Å². The van der Waals surface area contributed by atoms with Crippen LogP contribution >= 0.6 is 0 Å². The first-order valence-corrected chi connectivity index (χ1v) is 9.12. The molecule has 7 nitrogen and oxygen atoms in total. The summed E-state index contributed by atoms with van der Waals surface area (Å²) in [4.78, 5) is 21.2. The highest BCUT2D eigenvalue weighted by Gasteiger charge is 2.42. The number of nitrogens with zero attached hydrogens (tertiary/aromatic N) is 4. The molecule has 27 heavy (non-hydrogen) atoms. The average molecular weight is 363 g/mol. The predicted octanol–water partition coefficient (Wildman–Crippen LogP) is 2.96. The van der Waals surface area contributed by atoms with Crippen molar-refractivity contribution in [3.8, 4) is 11.6 Å². The molecule has 0 atom stereocenters. The lowest BCUT2D eigenvalue weighted by Crippen LogP contribution is -2.42. The first-order valence-electron chi connectivity index (χ1n) is 9.12. The van der Waals surface area contributed by atoms with Crippen LogP contribution in [0, 0.1) is 6.92 Å². The Morgan fingerprint density at radius 1 is 1.15 bits per heavy atom. The van der Waals surface area contributed by atoms with Gasteiger partial charge in [0.15, 0.2) is 0 Å². The van der Waals surface area contributed by atoms with Crippen LogP contribution in [0.4, 0.5) is 0 Å². The van der Waals surface area contributed by atoms with Crippen molar-refractivity contribution < 1.29 is 9.21 Å². The van der Waals surface area contributed by atoms with Crippen molar-refractivity contribution in [2.24, 2.45) is 0 Å². The Morgan fingerprint density at radius 3 is 2.63 bits per heavy atom. The Morgan fingerprint density at radius 2 is 1.93 bits per heavy atom. The van der Waals surface area contributed by atoms with Gasteiger partial charge in [0.25, 0.3) is 5.89 Å². The zero-order chi connectivity index (χ0) is 18.7. The molecule has 1 aliphatic rings. The maximum Gasteiger partial charge on any atom is 0.267 e. The van der Waals surface area contributed by atoms with Crippen molar-refractivity contribution in [3.05, 3.63) is 59.9 Å². The van der Waals surface area contributed by atoms with Crippen LogP contribution in [0.5, 0.6) is 0 Å². The number of nitrogens with one attached hydrogen (secondary N) is 1. The van der Waals surface area contributed by atoms with Gasteiger partial charge in [-0.3, -0.25) is 9.78 Å². The summed E-state index contributed by atoms with van der Waals surface area (Å²) in [6.07, 6.45) is 8.52. The van der Waals surface area contributed by atoms with Crippen LogP contribution in [-0.2, 0) is 16.8 Å². The van der Waals surface area contributed by atoms with Crippen molar-refractivity contribution in [3.63, 3.8) is 0 Å². The Kier molecular flexibility index (Phi) is 4.66. The topological polar surface area (TPSA) is 93.8 Å². The van der Waals surface area contributed by atoms with Crippen LogP contribution in [0.25, 0.3) is 11.6 Å². The van der Waals surface area contributed by atoms with Crippen LogP contribution in [0.1, 0.15) is 42.7 Å². The number of rotatable bonds is 5. The highest BCUT2D eigenvalue weighted by Crippen LogP contribution is 2.41. The molecule has 0 bridgehead atoms. The second kappa shape index (κ2) is 7.26. The molecule has 3 aromatic rings. The Hall–Kier alpha value is -3.09. The maximum atomic E-state index is 13.1. The fourth-order valence-electron chi connectivity index (χ4n) is 3.66. The van der Waals surface area contributed by atoms with Gasteiger partial charge in [-0.1, -0.05) is 42.7 Å². The summed E-state index contributed by atoms with van der Waals surface area (Å²) in [7, 11) is 0. The van der Waals surface area contributed by atoms with Gasteiger partial charge >= 0.3 is 0 Å². The van der Waals surface area contributed by atoms with Gasteiger partial charge in [0.05, 0.1) is 18.2 Å². The minimum absolute atomic E-state index is 0.0168. The van der Waals surface area contributed by atoms with Gasteiger partial charge in [0.2, 0.25) is 11.8 Å². The molecule has 4 rings (SSSR count). The molecule has 7 heteroatoms. The molecule has 1 fully saturated rings. The highest BCUT2D eigenvalue weighted by atomic mass is 16.4. The largest absolute Gasteiger partial charge is 0.417 e. The van der Waals surface area contributed by atoms with Gasteiger partial charge in [-0.2, -0.15) is 0 Å². The van der Waals surface area contributed by atoms with Gasteiger partial charge < -0.3 is 9.73 Å². The summed E-state index contributed by atoms with van der Waals surface area (Å²) in [5, 5.41) is 11.0. The van der Waals surface area contributed by atoms with Gasteiger partial charge in [-0.05, 0) is 25.3 Å². The molecule has 138 valence electrons. The summed E-state index contributed by atoms with van der Waals surface area (Å²) >= 11 is 0. The lowest BCUT2D eigenvalue weighted by Gasteiger charge is -2.28. The normalized spacial score (nSPS) is 15.6. The zero-order valence-corrected chi connectivity index (χ0v) is 15.2. The molecule has 0 saturated heterocycles. The zero-order valence-electron chi connectivity index (χ0n) is 15.2. The standard InChI is InChI=1S/C20H21N5O2/c1-14-4-6-15(7-5-14)20(8-2-3-9-20)19(26)23-13-17-24-25-18(27-17)16-12-21-10-11-22-16/h4-7,10-12H,2-3,8-9,13H2,1H3,(H,23,26). The second-order valence-electron chi connectivity index (χ2n) is 6.93. The lowest BCUT2D eigenvalue weighted by molar-refractivity contribution is -0.126. The first kappa shape index (κ1) is 17.3. The first-order chi connectivity index (χ1) is 13.2. The van der Waals surface area contributed by atoms with E-state index in [0.717, 1.165) is 31.2 Å². The number of carbonyl (C=O) groups excluding carboxylic acids is 1. The third-order valence-corrected chi connectivity index (χ3v) is 5.15. The third kappa shape index (κ3) is 3.45. The second-order valence-corrected chi connectivity index (χ2v) is 6.93. The SMILES string of the molecule is Cc1ccc(C2(C(=O)NCc3nnc(-c4cnccn4)o3)CCCC2)cc1. The lowest BCUT2D eigenvalue weighted by atomic mass is 9.77. The molecular formula is C20H21N5O2. The summed E-state index contributed by atoms with van der Waals surface area (Å²) in [5.41, 5.74) is 2.31. The van der Waals surface area contributed by atoms with E-state index < -0.39 is 5.41 Å². The third-order valence-electron chi connectivity index (χ3n) is 5.15. The Labute approximate surface area is 157 Å². The van der Waals surface area contributed by atoms with Crippen LogP contribution in [0.3, 0.4) is 0 Å². The molecular weight excluding hydrogens is 342 g/mol. The minimum Gasteiger partial charge on any atom is -0.417 e. The van der Waals surface area contributed by atoms with E-state index in [0.29, 0.717) is 17.5 Å². The highest BCUT2D eigenvalue weighted by molar-refractivity contribution is 5.88. The number of hydrogen-bond donors (Lipinski definition) is 1. The summed E-state index contributed by atoms with van der Waals surface area (Å²) in [6.45, 7) is 2.25. The van der Waals surface area contributed by atoms with Crippen LogP contribution in [0.15, 0.2) is 47.3 Å². The quantitative estimate of drug-likeness (QED) is 0.749. The van der Waals surface area contributed by atoms with Gasteiger partial charge in [0, 0.05) is 12.4 Å². The molecule has 0 radical (unpaired) electrons. The molecule has 1 amide bonds. The van der Waals surface area contributed by atoms with Crippen LogP contribution in [-0.4, -0.2) is 26.1 Å². The number of benzene rings is 1. The molecule has 0 unspecified atom stereocenters. The van der Waals surface area contributed by atoms with Crippen molar-refractivity contribution in [1.29, 1.82) is 0 Å².